The summed E-state index contributed by atoms with van der Waals surface area (Å²) in [6.07, 6.45) is 0. The Morgan fingerprint density at radius 1 is 1.28 bits per heavy atom. The van der Waals surface area contributed by atoms with Gasteiger partial charge in [-0.15, -0.1) is 0 Å². The molecule has 0 spiro atoms. The fraction of sp³-hybridized carbons (Fsp3) is 0.333. The van der Waals surface area contributed by atoms with Crippen LogP contribution < -0.4 is 15.2 Å². The minimum absolute atomic E-state index is 0.222. The van der Waals surface area contributed by atoms with Crippen LogP contribution in [-0.2, 0) is 6.54 Å². The summed E-state index contributed by atoms with van der Waals surface area (Å²) in [7, 11) is 3.19. The zero-order valence-electron chi connectivity index (χ0n) is 10.6. The molecule has 0 aliphatic rings. The van der Waals surface area contributed by atoms with E-state index in [0.29, 0.717) is 23.2 Å². The van der Waals surface area contributed by atoms with Gasteiger partial charge in [-0.3, -0.25) is 0 Å². The van der Waals surface area contributed by atoms with E-state index in [0.717, 1.165) is 11.1 Å². The molecule has 0 aliphatic heterocycles. The highest BCUT2D eigenvalue weighted by molar-refractivity contribution is 5.66. The fourth-order valence-corrected chi connectivity index (χ4v) is 1.77. The average molecular weight is 249 g/mol. The second-order valence-electron chi connectivity index (χ2n) is 3.69. The molecule has 0 amide bonds. The van der Waals surface area contributed by atoms with Crippen molar-refractivity contribution in [1.82, 2.24) is 10.1 Å². The van der Waals surface area contributed by atoms with Crippen LogP contribution in [0.1, 0.15) is 11.5 Å². The van der Waals surface area contributed by atoms with Crippen molar-refractivity contribution in [1.29, 1.82) is 0 Å². The van der Waals surface area contributed by atoms with Gasteiger partial charge in [-0.2, -0.15) is 4.98 Å². The predicted octanol–water partition coefficient (Wildman–Crippen LogP) is 1.52. The van der Waals surface area contributed by atoms with E-state index >= 15 is 0 Å². The van der Waals surface area contributed by atoms with Gasteiger partial charge in [0.1, 0.15) is 0 Å². The molecule has 0 aliphatic carbocycles. The quantitative estimate of drug-likeness (QED) is 0.884. The van der Waals surface area contributed by atoms with Gasteiger partial charge in [-0.05, 0) is 19.1 Å². The summed E-state index contributed by atoms with van der Waals surface area (Å²) in [5, 5.41) is 3.89. The molecule has 0 radical (unpaired) electrons. The Morgan fingerprint density at radius 2 is 2.06 bits per heavy atom. The minimum atomic E-state index is 0.222. The third-order valence-corrected chi connectivity index (χ3v) is 2.68. The van der Waals surface area contributed by atoms with Crippen LogP contribution in [0.25, 0.3) is 11.4 Å². The molecule has 0 saturated heterocycles. The molecule has 2 aromatic rings. The summed E-state index contributed by atoms with van der Waals surface area (Å²) in [5.74, 6) is 2.23. The molecule has 96 valence electrons. The van der Waals surface area contributed by atoms with E-state index in [-0.39, 0.29) is 6.54 Å². The molecule has 18 heavy (non-hydrogen) atoms. The Morgan fingerprint density at radius 3 is 2.61 bits per heavy atom. The molecule has 2 N–H and O–H groups in total. The topological polar surface area (TPSA) is 83.4 Å². The first-order chi connectivity index (χ1) is 8.71. The Hall–Kier alpha value is -2.08. The van der Waals surface area contributed by atoms with Crippen molar-refractivity contribution in [3.63, 3.8) is 0 Å². The molecule has 0 fully saturated rings. The molecule has 0 saturated carbocycles. The maximum Gasteiger partial charge on any atom is 0.240 e. The predicted molar refractivity (Wildman–Crippen MR) is 65.5 cm³/mol. The number of ether oxygens (including phenoxy) is 2. The van der Waals surface area contributed by atoms with Crippen molar-refractivity contribution >= 4 is 0 Å². The van der Waals surface area contributed by atoms with Crippen LogP contribution in [0.4, 0.5) is 0 Å². The Balaban J connectivity index is 2.51. The summed E-state index contributed by atoms with van der Waals surface area (Å²) in [6, 6.07) is 3.67. The van der Waals surface area contributed by atoms with E-state index in [1.165, 1.54) is 0 Å². The standard InChI is InChI=1S/C12H15N3O3/c1-7-8(12-14-10(6-13)18-15-12)4-5-9(16-2)11(7)17-3/h4-5H,6,13H2,1-3H3. The number of hydrogen-bond donors (Lipinski definition) is 1. The molecular formula is C12H15N3O3. The van der Waals surface area contributed by atoms with Gasteiger partial charge in [0.05, 0.1) is 20.8 Å². The molecule has 0 bridgehead atoms. The summed E-state index contributed by atoms with van der Waals surface area (Å²) in [5.41, 5.74) is 7.16. The second kappa shape index (κ2) is 5.05. The number of aromatic nitrogens is 2. The van der Waals surface area contributed by atoms with Crippen molar-refractivity contribution in [3.8, 4) is 22.9 Å². The molecule has 1 aromatic heterocycles. The molecular weight excluding hydrogens is 234 g/mol. The smallest absolute Gasteiger partial charge is 0.240 e. The summed E-state index contributed by atoms with van der Waals surface area (Å²) in [4.78, 5) is 4.19. The lowest BCUT2D eigenvalue weighted by Gasteiger charge is -2.12. The van der Waals surface area contributed by atoms with Crippen LogP contribution in [0.15, 0.2) is 16.7 Å². The Labute approximate surface area is 105 Å². The van der Waals surface area contributed by atoms with E-state index in [4.69, 9.17) is 19.7 Å². The van der Waals surface area contributed by atoms with Gasteiger partial charge < -0.3 is 19.7 Å². The molecule has 6 nitrogen and oxygen atoms in total. The maximum atomic E-state index is 5.44. The van der Waals surface area contributed by atoms with Gasteiger partial charge >= 0.3 is 0 Å². The lowest BCUT2D eigenvalue weighted by molar-refractivity contribution is 0.353. The normalized spacial score (nSPS) is 10.4. The number of nitrogens with zero attached hydrogens (tertiary/aromatic N) is 2. The van der Waals surface area contributed by atoms with Gasteiger partial charge in [-0.25, -0.2) is 0 Å². The lowest BCUT2D eigenvalue weighted by Crippen LogP contribution is -1.97. The van der Waals surface area contributed by atoms with Crippen LogP contribution in [0, 0.1) is 6.92 Å². The number of hydrogen-bond acceptors (Lipinski definition) is 6. The van der Waals surface area contributed by atoms with Crippen LogP contribution in [-0.4, -0.2) is 24.4 Å². The fourth-order valence-electron chi connectivity index (χ4n) is 1.77. The Bertz CT molecular complexity index is 551. The second-order valence-corrected chi connectivity index (χ2v) is 3.69. The van der Waals surface area contributed by atoms with Gasteiger partial charge in [0.2, 0.25) is 11.7 Å². The molecule has 0 atom stereocenters. The lowest BCUT2D eigenvalue weighted by atomic mass is 10.1. The number of benzene rings is 1. The zero-order valence-corrected chi connectivity index (χ0v) is 10.6. The molecule has 0 unspecified atom stereocenters. The van der Waals surface area contributed by atoms with Crippen LogP contribution in [0.2, 0.25) is 0 Å². The van der Waals surface area contributed by atoms with Gasteiger partial charge in [-0.1, -0.05) is 5.16 Å². The van der Waals surface area contributed by atoms with E-state index in [1.807, 2.05) is 13.0 Å². The monoisotopic (exact) mass is 249 g/mol. The van der Waals surface area contributed by atoms with Crippen LogP contribution >= 0.6 is 0 Å². The summed E-state index contributed by atoms with van der Waals surface area (Å²) < 4.78 is 15.5. The average Bonchev–Trinajstić information content (AvgIpc) is 2.86. The van der Waals surface area contributed by atoms with E-state index in [1.54, 1.807) is 20.3 Å². The summed E-state index contributed by atoms with van der Waals surface area (Å²) in [6.45, 7) is 2.13. The van der Waals surface area contributed by atoms with Crippen molar-refractivity contribution in [2.24, 2.45) is 5.73 Å². The number of rotatable bonds is 4. The van der Waals surface area contributed by atoms with Crippen molar-refractivity contribution in [2.45, 2.75) is 13.5 Å². The maximum absolute atomic E-state index is 5.44. The van der Waals surface area contributed by atoms with E-state index in [2.05, 4.69) is 10.1 Å². The largest absolute Gasteiger partial charge is 0.493 e. The highest BCUT2D eigenvalue weighted by Crippen LogP contribution is 2.36. The highest BCUT2D eigenvalue weighted by atomic mass is 16.5. The number of nitrogens with two attached hydrogens (primary N) is 1. The molecule has 1 heterocycles. The molecule has 1 aromatic carbocycles. The highest BCUT2D eigenvalue weighted by Gasteiger charge is 2.16. The van der Waals surface area contributed by atoms with E-state index in [9.17, 15) is 0 Å². The zero-order chi connectivity index (χ0) is 13.1. The van der Waals surface area contributed by atoms with E-state index < -0.39 is 0 Å². The first-order valence-corrected chi connectivity index (χ1v) is 5.45. The first-order valence-electron chi connectivity index (χ1n) is 5.45. The van der Waals surface area contributed by atoms with Gasteiger partial charge in [0.15, 0.2) is 11.5 Å². The molecule has 2 rings (SSSR count). The van der Waals surface area contributed by atoms with Crippen molar-refractivity contribution in [3.05, 3.63) is 23.6 Å². The van der Waals surface area contributed by atoms with Gasteiger partial charge in [0, 0.05) is 11.1 Å². The van der Waals surface area contributed by atoms with Crippen molar-refractivity contribution in [2.75, 3.05) is 14.2 Å². The van der Waals surface area contributed by atoms with Crippen molar-refractivity contribution < 1.29 is 14.0 Å². The number of methoxy groups -OCH3 is 2. The van der Waals surface area contributed by atoms with Crippen LogP contribution in [0.3, 0.4) is 0 Å². The minimum Gasteiger partial charge on any atom is -0.493 e. The molecule has 6 heteroatoms. The Kier molecular flexibility index (Phi) is 3.47. The SMILES string of the molecule is COc1ccc(-c2noc(CN)n2)c(C)c1OC. The third kappa shape index (κ3) is 2.02. The van der Waals surface area contributed by atoms with Gasteiger partial charge in [0.25, 0.3) is 0 Å². The summed E-state index contributed by atoms with van der Waals surface area (Å²) >= 11 is 0. The first kappa shape index (κ1) is 12.4. The van der Waals surface area contributed by atoms with Crippen LogP contribution in [0.5, 0.6) is 11.5 Å². The third-order valence-electron chi connectivity index (χ3n) is 2.68.